The van der Waals surface area contributed by atoms with Crippen molar-refractivity contribution in [3.8, 4) is 0 Å². The van der Waals surface area contributed by atoms with Crippen LogP contribution >= 0.6 is 0 Å². The van der Waals surface area contributed by atoms with Gasteiger partial charge < -0.3 is 0 Å². The molecule has 0 aliphatic carbocycles. The summed E-state index contributed by atoms with van der Waals surface area (Å²) in [6, 6.07) is 0. The van der Waals surface area contributed by atoms with Crippen molar-refractivity contribution in [3.63, 3.8) is 0 Å². The van der Waals surface area contributed by atoms with Crippen LogP contribution in [0.4, 0.5) is 0 Å². The van der Waals surface area contributed by atoms with Crippen molar-refractivity contribution in [1.82, 2.24) is 0 Å². The summed E-state index contributed by atoms with van der Waals surface area (Å²) in [6.07, 6.45) is 2.30. The van der Waals surface area contributed by atoms with E-state index >= 15 is 0 Å². The molecule has 0 bridgehead atoms. The Bertz CT molecular complexity index is 94.0. The Morgan fingerprint density at radius 1 is 1.50 bits per heavy atom. The van der Waals surface area contributed by atoms with Crippen LogP contribution in [-0.4, -0.2) is 13.0 Å². The molecular formula is CH3CrO3S. The minimum atomic E-state index is -3.92. The molecule has 0 fully saturated rings. The fourth-order valence-electron chi connectivity index (χ4n) is 0. The van der Waals surface area contributed by atoms with Crippen molar-refractivity contribution in [2.75, 3.05) is 0 Å². The largest absolute Gasteiger partial charge is 0.286 e. The Kier molecular flexibility index (Phi) is 4.17. The molecular weight excluding hydrogens is 144 g/mol. The number of rotatable bonds is 0. The summed E-state index contributed by atoms with van der Waals surface area (Å²) < 4.78 is 25.5. The first-order chi connectivity index (χ1) is 2.00. The third kappa shape index (κ3) is 269. The van der Waals surface area contributed by atoms with Gasteiger partial charge in [0.05, 0.1) is 6.26 Å². The van der Waals surface area contributed by atoms with Gasteiger partial charge in [-0.3, -0.25) is 4.55 Å². The van der Waals surface area contributed by atoms with E-state index in [1.165, 1.54) is 0 Å². The molecule has 5 heteroatoms. The monoisotopic (exact) mass is 147 g/mol. The predicted molar refractivity (Wildman–Crippen MR) is 16.9 cm³/mol. The second kappa shape index (κ2) is 2.59. The van der Waals surface area contributed by atoms with Gasteiger partial charge >= 0.3 is 0 Å². The summed E-state index contributed by atoms with van der Waals surface area (Å²) in [5, 5.41) is 0. The third-order valence-electron chi connectivity index (χ3n) is 0. The van der Waals surface area contributed by atoms with Crippen molar-refractivity contribution in [3.05, 3.63) is 6.26 Å². The van der Waals surface area contributed by atoms with E-state index in [1.807, 2.05) is 0 Å². The molecule has 0 saturated heterocycles. The fraction of sp³-hybridized carbons (Fsp3) is 0. The van der Waals surface area contributed by atoms with Crippen LogP contribution in [0.25, 0.3) is 0 Å². The van der Waals surface area contributed by atoms with Crippen LogP contribution < -0.4 is 0 Å². The molecule has 0 aliphatic rings. The molecule has 0 aromatic heterocycles. The predicted octanol–water partition coefficient (Wildman–Crippen LogP) is -0.337. The second-order valence-electron chi connectivity index (χ2n) is 0.582. The van der Waals surface area contributed by atoms with E-state index in [0.29, 0.717) is 0 Å². The Balaban J connectivity index is 0. The first-order valence-corrected chi connectivity index (χ1v) is 2.41. The van der Waals surface area contributed by atoms with E-state index < -0.39 is 10.1 Å². The van der Waals surface area contributed by atoms with Gasteiger partial charge in [0.25, 0.3) is 10.1 Å². The maximum Gasteiger partial charge on any atom is 0.265 e. The van der Waals surface area contributed by atoms with E-state index in [9.17, 15) is 0 Å². The van der Waals surface area contributed by atoms with Gasteiger partial charge in [-0.15, -0.1) is 0 Å². The zero-order valence-electron chi connectivity index (χ0n) is 2.79. The molecule has 0 saturated carbocycles. The average molecular weight is 147 g/mol. The first kappa shape index (κ1) is 9.67. The van der Waals surface area contributed by atoms with Gasteiger partial charge in [0, 0.05) is 17.4 Å². The molecule has 0 heterocycles. The van der Waals surface area contributed by atoms with Crippen LogP contribution in [0, 0.1) is 6.26 Å². The van der Waals surface area contributed by atoms with Crippen LogP contribution in [0.2, 0.25) is 0 Å². The fourth-order valence-corrected chi connectivity index (χ4v) is 0. The maximum atomic E-state index is 9.08. The number of hydrogen-bond acceptors (Lipinski definition) is 2. The smallest absolute Gasteiger partial charge is 0.265 e. The summed E-state index contributed by atoms with van der Waals surface area (Å²) in [5.41, 5.74) is 0. The van der Waals surface area contributed by atoms with Crippen LogP contribution in [0.1, 0.15) is 0 Å². The molecule has 1 N–H and O–H groups in total. The molecule has 6 heavy (non-hydrogen) atoms. The van der Waals surface area contributed by atoms with Crippen molar-refractivity contribution >= 4 is 10.1 Å². The molecule has 0 rings (SSSR count). The Hall–Kier alpha value is 0.442. The van der Waals surface area contributed by atoms with Crippen molar-refractivity contribution in [2.45, 2.75) is 0 Å². The van der Waals surface area contributed by atoms with Gasteiger partial charge in [-0.05, 0) is 0 Å². The first-order valence-electron chi connectivity index (χ1n) is 0.805. The van der Waals surface area contributed by atoms with Crippen molar-refractivity contribution in [2.24, 2.45) is 0 Å². The molecule has 0 aliphatic heterocycles. The Morgan fingerprint density at radius 2 is 1.50 bits per heavy atom. The normalized spacial score (nSPS) is 9.67. The zero-order valence-corrected chi connectivity index (χ0v) is 4.88. The van der Waals surface area contributed by atoms with Crippen molar-refractivity contribution in [1.29, 1.82) is 0 Å². The Morgan fingerprint density at radius 3 is 1.50 bits per heavy atom. The molecule has 0 unspecified atom stereocenters. The minimum Gasteiger partial charge on any atom is -0.286 e. The van der Waals surface area contributed by atoms with Crippen molar-refractivity contribution < 1.29 is 30.3 Å². The molecule has 0 aromatic carbocycles. The zero-order chi connectivity index (χ0) is 4.50. The molecule has 0 amide bonds. The van der Waals surface area contributed by atoms with Crippen LogP contribution in [0.15, 0.2) is 0 Å². The van der Waals surface area contributed by atoms with E-state index in [0.717, 1.165) is 0 Å². The SMILES string of the molecule is [CH2]S(=O)(=O)O.[Cr]. The van der Waals surface area contributed by atoms with Gasteiger partial charge in [0.1, 0.15) is 0 Å². The van der Waals surface area contributed by atoms with E-state index in [-0.39, 0.29) is 17.4 Å². The number of hydrogen-bond donors (Lipinski definition) is 1. The molecule has 0 atom stereocenters. The summed E-state index contributed by atoms with van der Waals surface area (Å²) in [6.45, 7) is 0. The van der Waals surface area contributed by atoms with Gasteiger partial charge in [-0.2, -0.15) is 8.42 Å². The van der Waals surface area contributed by atoms with Gasteiger partial charge in [-0.25, -0.2) is 0 Å². The van der Waals surface area contributed by atoms with Gasteiger partial charge in [-0.1, -0.05) is 0 Å². The molecule has 37 valence electrons. The second-order valence-corrected chi connectivity index (χ2v) is 1.75. The standard InChI is InChI=1S/CH3O3S.Cr/c1-5(2,3)4;/h1H2,(H,2,3,4);. The van der Waals surface area contributed by atoms with E-state index in [2.05, 4.69) is 6.26 Å². The van der Waals surface area contributed by atoms with Gasteiger partial charge in [0.2, 0.25) is 0 Å². The molecule has 3 nitrogen and oxygen atoms in total. The topological polar surface area (TPSA) is 54.4 Å². The summed E-state index contributed by atoms with van der Waals surface area (Å²) in [5.74, 6) is 0. The van der Waals surface area contributed by atoms with Crippen LogP contribution in [0.5, 0.6) is 0 Å². The van der Waals surface area contributed by atoms with Crippen LogP contribution in [0.3, 0.4) is 0 Å². The molecule has 0 aromatic rings. The summed E-state index contributed by atoms with van der Waals surface area (Å²) >= 11 is 0. The van der Waals surface area contributed by atoms with Crippen LogP contribution in [-0.2, 0) is 27.5 Å². The quantitative estimate of drug-likeness (QED) is 0.477. The molecule has 0 spiro atoms. The summed E-state index contributed by atoms with van der Waals surface area (Å²) in [7, 11) is -3.92. The minimum absolute atomic E-state index is 0. The average Bonchev–Trinajstić information content (AvgIpc) is 0.722. The Labute approximate surface area is 47.2 Å². The third-order valence-corrected chi connectivity index (χ3v) is 0. The maximum absolute atomic E-state index is 9.08. The van der Waals surface area contributed by atoms with Gasteiger partial charge in [0.15, 0.2) is 0 Å². The molecule has 1 radical (unpaired) electrons. The summed E-state index contributed by atoms with van der Waals surface area (Å²) in [4.78, 5) is 0. The van der Waals surface area contributed by atoms with E-state index in [1.54, 1.807) is 0 Å². The van der Waals surface area contributed by atoms with E-state index in [4.69, 9.17) is 13.0 Å².